The third-order valence-corrected chi connectivity index (χ3v) is 6.06. The van der Waals surface area contributed by atoms with Gasteiger partial charge in [-0.2, -0.15) is 0 Å². The molecular formula is C24H25N3O. The van der Waals surface area contributed by atoms with Gasteiger partial charge < -0.3 is 9.32 Å². The highest BCUT2D eigenvalue weighted by atomic mass is 16.3. The number of anilines is 2. The molecule has 0 amide bonds. The molecule has 1 aliphatic heterocycles. The molecule has 3 heterocycles. The van der Waals surface area contributed by atoms with Gasteiger partial charge in [-0.1, -0.05) is 30.3 Å². The minimum Gasteiger partial charge on any atom is -0.435 e. The Morgan fingerprint density at radius 2 is 1.79 bits per heavy atom. The van der Waals surface area contributed by atoms with Crippen LogP contribution in [0.25, 0.3) is 22.1 Å². The smallest absolute Gasteiger partial charge is 0.227 e. The fourth-order valence-electron chi connectivity index (χ4n) is 4.34. The first-order valence-electron chi connectivity index (χ1n) is 9.91. The Kier molecular flexibility index (Phi) is 3.91. The van der Waals surface area contributed by atoms with Crippen molar-refractivity contribution in [1.82, 2.24) is 9.88 Å². The van der Waals surface area contributed by atoms with Crippen molar-refractivity contribution in [3.8, 4) is 0 Å². The molecule has 0 N–H and O–H groups in total. The summed E-state index contributed by atoms with van der Waals surface area (Å²) < 4.78 is 6.37. The largest absolute Gasteiger partial charge is 0.435 e. The molecule has 0 fully saturated rings. The van der Waals surface area contributed by atoms with Crippen LogP contribution in [0, 0.1) is 13.8 Å². The molecule has 28 heavy (non-hydrogen) atoms. The Morgan fingerprint density at radius 3 is 2.64 bits per heavy atom. The van der Waals surface area contributed by atoms with Crippen LogP contribution >= 0.6 is 0 Å². The molecule has 0 radical (unpaired) electrons. The molecule has 0 spiro atoms. The van der Waals surface area contributed by atoms with Crippen LogP contribution in [-0.2, 0) is 6.42 Å². The first-order valence-corrected chi connectivity index (χ1v) is 9.91. The summed E-state index contributed by atoms with van der Waals surface area (Å²) in [5.74, 6) is 0. The molecule has 4 aromatic rings. The van der Waals surface area contributed by atoms with Gasteiger partial charge in [0.1, 0.15) is 0 Å². The number of aryl methyl sites for hydroxylation is 2. The lowest BCUT2D eigenvalue weighted by Crippen LogP contribution is -2.41. The molecular weight excluding hydrogens is 346 g/mol. The van der Waals surface area contributed by atoms with Crippen LogP contribution in [0.3, 0.4) is 0 Å². The summed E-state index contributed by atoms with van der Waals surface area (Å²) in [5.41, 5.74) is 7.59. The van der Waals surface area contributed by atoms with E-state index >= 15 is 0 Å². The molecule has 0 unspecified atom stereocenters. The lowest BCUT2D eigenvalue weighted by atomic mass is 10.0. The SMILES string of the molecule is Cc1ccc2c(n1)oc1c(N3c4ccccc4CCN(C)[C@@H]3C)c(C)ccc12. The summed E-state index contributed by atoms with van der Waals surface area (Å²) in [7, 11) is 2.20. The Balaban J connectivity index is 1.84. The number of rotatable bonds is 1. The summed E-state index contributed by atoms with van der Waals surface area (Å²) >= 11 is 0. The average Bonchev–Trinajstić information content (AvgIpc) is 3.00. The number of nitrogens with zero attached hydrogens (tertiary/aromatic N) is 3. The molecule has 2 aromatic carbocycles. The van der Waals surface area contributed by atoms with Crippen molar-refractivity contribution < 1.29 is 4.42 Å². The second kappa shape index (κ2) is 6.35. The van der Waals surface area contributed by atoms with Crippen LogP contribution < -0.4 is 4.90 Å². The second-order valence-electron chi connectivity index (χ2n) is 7.88. The number of benzene rings is 2. The summed E-state index contributed by atoms with van der Waals surface area (Å²) in [6, 6.07) is 17.3. The highest BCUT2D eigenvalue weighted by Gasteiger charge is 2.29. The van der Waals surface area contributed by atoms with Crippen molar-refractivity contribution in [3.05, 3.63) is 65.4 Å². The molecule has 4 nitrogen and oxygen atoms in total. The van der Waals surface area contributed by atoms with E-state index in [0.29, 0.717) is 5.71 Å². The van der Waals surface area contributed by atoms with Gasteiger partial charge in [0.2, 0.25) is 5.71 Å². The third-order valence-electron chi connectivity index (χ3n) is 6.06. The number of likely N-dealkylation sites (N-methyl/N-ethyl adjacent to an activating group) is 1. The van der Waals surface area contributed by atoms with Gasteiger partial charge in [0, 0.05) is 28.7 Å². The lowest BCUT2D eigenvalue weighted by Gasteiger charge is -2.36. The van der Waals surface area contributed by atoms with Crippen molar-refractivity contribution in [1.29, 1.82) is 0 Å². The monoisotopic (exact) mass is 371 g/mol. The standard InChI is InChI=1S/C24H25N3O/c1-15-9-11-19-20-12-10-16(2)25-24(20)28-23(19)22(15)27-17(3)26(4)14-13-18-7-5-6-8-21(18)27/h5-12,17H,13-14H2,1-4H3/t17-/m0/s1. The van der Waals surface area contributed by atoms with Crippen LogP contribution in [0.5, 0.6) is 0 Å². The zero-order valence-corrected chi connectivity index (χ0v) is 16.9. The fourth-order valence-corrected chi connectivity index (χ4v) is 4.34. The zero-order valence-electron chi connectivity index (χ0n) is 16.9. The summed E-state index contributed by atoms with van der Waals surface area (Å²) in [6.45, 7) is 7.47. The van der Waals surface area contributed by atoms with Crippen molar-refractivity contribution in [2.24, 2.45) is 0 Å². The average molecular weight is 371 g/mol. The van der Waals surface area contributed by atoms with Gasteiger partial charge in [-0.15, -0.1) is 0 Å². The number of para-hydroxylation sites is 1. The van der Waals surface area contributed by atoms with Crippen LogP contribution in [0.4, 0.5) is 11.4 Å². The van der Waals surface area contributed by atoms with Gasteiger partial charge in [0.25, 0.3) is 0 Å². The van der Waals surface area contributed by atoms with Crippen molar-refractivity contribution in [3.63, 3.8) is 0 Å². The molecule has 4 heteroatoms. The number of pyridine rings is 1. The zero-order chi connectivity index (χ0) is 19.4. The van der Waals surface area contributed by atoms with Crippen molar-refractivity contribution in [2.75, 3.05) is 18.5 Å². The fraction of sp³-hybridized carbons (Fsp3) is 0.292. The highest BCUT2D eigenvalue weighted by molar-refractivity contribution is 6.09. The molecule has 2 aromatic heterocycles. The van der Waals surface area contributed by atoms with Gasteiger partial charge >= 0.3 is 0 Å². The number of hydrogen-bond donors (Lipinski definition) is 0. The predicted molar refractivity (Wildman–Crippen MR) is 115 cm³/mol. The van der Waals surface area contributed by atoms with Gasteiger partial charge in [-0.3, -0.25) is 4.90 Å². The summed E-state index contributed by atoms with van der Waals surface area (Å²) in [4.78, 5) is 9.48. The Bertz CT molecular complexity index is 1190. The molecule has 5 rings (SSSR count). The Labute approximate surface area is 165 Å². The normalized spacial score (nSPS) is 17.9. The van der Waals surface area contributed by atoms with E-state index in [1.54, 1.807) is 0 Å². The van der Waals surface area contributed by atoms with Crippen LogP contribution in [0.1, 0.15) is 23.7 Å². The van der Waals surface area contributed by atoms with E-state index in [1.807, 2.05) is 6.92 Å². The molecule has 0 aliphatic carbocycles. The highest BCUT2D eigenvalue weighted by Crippen LogP contribution is 2.42. The summed E-state index contributed by atoms with van der Waals surface area (Å²) in [5, 5.41) is 2.20. The maximum atomic E-state index is 6.37. The van der Waals surface area contributed by atoms with Gasteiger partial charge in [0.15, 0.2) is 5.58 Å². The number of aromatic nitrogens is 1. The van der Waals surface area contributed by atoms with Gasteiger partial charge in [0.05, 0.1) is 11.9 Å². The first-order chi connectivity index (χ1) is 13.5. The van der Waals surface area contributed by atoms with Crippen molar-refractivity contribution in [2.45, 2.75) is 33.4 Å². The summed E-state index contributed by atoms with van der Waals surface area (Å²) in [6.07, 6.45) is 1.26. The van der Waals surface area contributed by atoms with Gasteiger partial charge in [-0.05, 0) is 63.6 Å². The van der Waals surface area contributed by atoms with E-state index in [0.717, 1.165) is 40.7 Å². The molecule has 1 atom stereocenters. The number of furan rings is 1. The quantitative estimate of drug-likeness (QED) is 0.438. The molecule has 1 aliphatic rings. The van der Waals surface area contributed by atoms with E-state index in [9.17, 15) is 0 Å². The topological polar surface area (TPSA) is 32.5 Å². The van der Waals surface area contributed by atoms with Crippen molar-refractivity contribution >= 4 is 33.4 Å². The minimum atomic E-state index is 0.218. The molecule has 0 saturated heterocycles. The number of fused-ring (bicyclic) bond motifs is 4. The minimum absolute atomic E-state index is 0.218. The lowest BCUT2D eigenvalue weighted by molar-refractivity contribution is 0.271. The molecule has 0 saturated carbocycles. The van der Waals surface area contributed by atoms with Crippen LogP contribution in [-0.4, -0.2) is 29.6 Å². The maximum Gasteiger partial charge on any atom is 0.227 e. The Morgan fingerprint density at radius 1 is 1.00 bits per heavy atom. The second-order valence-corrected chi connectivity index (χ2v) is 7.88. The third kappa shape index (κ3) is 2.52. The predicted octanol–water partition coefficient (Wildman–Crippen LogP) is 5.57. The van der Waals surface area contributed by atoms with Crippen LogP contribution in [0.15, 0.2) is 52.9 Å². The van der Waals surface area contributed by atoms with E-state index < -0.39 is 0 Å². The Hall–Kier alpha value is -2.85. The number of hydrogen-bond acceptors (Lipinski definition) is 4. The molecule has 0 bridgehead atoms. The van der Waals surface area contributed by atoms with E-state index in [-0.39, 0.29) is 6.17 Å². The van der Waals surface area contributed by atoms with Crippen LogP contribution in [0.2, 0.25) is 0 Å². The first kappa shape index (κ1) is 17.3. The van der Waals surface area contributed by atoms with E-state index in [1.165, 1.54) is 16.8 Å². The maximum absolute atomic E-state index is 6.37. The van der Waals surface area contributed by atoms with E-state index in [4.69, 9.17) is 4.42 Å². The molecule has 142 valence electrons. The van der Waals surface area contributed by atoms with Gasteiger partial charge in [-0.25, -0.2) is 4.98 Å². The van der Waals surface area contributed by atoms with E-state index in [2.05, 4.69) is 84.2 Å².